The van der Waals surface area contributed by atoms with E-state index in [0.717, 1.165) is 69.1 Å². The summed E-state index contributed by atoms with van der Waals surface area (Å²) in [5, 5.41) is 8.39. The van der Waals surface area contributed by atoms with E-state index in [2.05, 4.69) is 20.3 Å². The van der Waals surface area contributed by atoms with Crippen molar-refractivity contribution in [1.82, 2.24) is 15.4 Å². The van der Waals surface area contributed by atoms with E-state index < -0.39 is 0 Å². The first-order valence-corrected chi connectivity index (χ1v) is 12.4. The molecule has 2 aromatic rings. The second-order valence-electron chi connectivity index (χ2n) is 10.2. The summed E-state index contributed by atoms with van der Waals surface area (Å²) in [5.74, 6) is 2.31. The first-order valence-electron chi connectivity index (χ1n) is 12.4. The Kier molecular flexibility index (Phi) is 6.35. The zero-order valence-corrected chi connectivity index (χ0v) is 19.1. The van der Waals surface area contributed by atoms with Crippen molar-refractivity contribution in [2.45, 2.75) is 64.3 Å². The van der Waals surface area contributed by atoms with Gasteiger partial charge in [-0.25, -0.2) is 4.39 Å². The number of hydrogen-bond acceptors (Lipinski definition) is 5. The molecule has 0 spiro atoms. The molecule has 1 saturated heterocycles. The largest absolute Gasteiger partial charge is 0.354 e. The van der Waals surface area contributed by atoms with E-state index in [1.165, 1.54) is 38.2 Å². The Balaban J connectivity index is 1.04. The summed E-state index contributed by atoms with van der Waals surface area (Å²) >= 11 is 0. The van der Waals surface area contributed by atoms with Crippen LogP contribution in [0, 0.1) is 24.6 Å². The molecule has 2 aliphatic carbocycles. The van der Waals surface area contributed by atoms with Crippen LogP contribution in [0.5, 0.6) is 0 Å². The van der Waals surface area contributed by atoms with Crippen LogP contribution in [0.3, 0.4) is 0 Å². The van der Waals surface area contributed by atoms with Gasteiger partial charge in [0.25, 0.3) is 0 Å². The summed E-state index contributed by atoms with van der Waals surface area (Å²) < 4.78 is 19.2. The lowest BCUT2D eigenvalue weighted by atomic mass is 9.84. The number of fused-ring (bicyclic) bond motifs is 1. The molecule has 1 amide bonds. The molecule has 2 heterocycles. The fourth-order valence-corrected chi connectivity index (χ4v) is 5.30. The predicted molar refractivity (Wildman–Crippen MR) is 123 cm³/mol. The van der Waals surface area contributed by atoms with E-state index in [-0.39, 0.29) is 11.7 Å². The molecule has 2 saturated carbocycles. The first kappa shape index (κ1) is 21.7. The minimum absolute atomic E-state index is 0.250. The number of amides is 1. The number of halogens is 1. The van der Waals surface area contributed by atoms with E-state index >= 15 is 0 Å². The van der Waals surface area contributed by atoms with E-state index in [1.807, 2.05) is 6.07 Å². The van der Waals surface area contributed by atoms with E-state index in [9.17, 15) is 9.18 Å². The molecule has 32 heavy (non-hydrogen) atoms. The third-order valence-corrected chi connectivity index (χ3v) is 7.64. The lowest BCUT2D eigenvalue weighted by Gasteiger charge is -2.36. The summed E-state index contributed by atoms with van der Waals surface area (Å²) in [6, 6.07) is 3.67. The quantitative estimate of drug-likeness (QED) is 0.694. The van der Waals surface area contributed by atoms with Gasteiger partial charge in [0.2, 0.25) is 5.91 Å². The number of nitrogens with zero attached hydrogens (tertiary/aromatic N) is 3. The van der Waals surface area contributed by atoms with Gasteiger partial charge in [0, 0.05) is 44.7 Å². The number of carbonyl (C=O) groups is 1. The van der Waals surface area contributed by atoms with E-state index in [4.69, 9.17) is 4.52 Å². The summed E-state index contributed by atoms with van der Waals surface area (Å²) in [7, 11) is 0. The molecule has 1 aromatic carbocycles. The van der Waals surface area contributed by atoms with Crippen molar-refractivity contribution in [3.8, 4) is 0 Å². The zero-order chi connectivity index (χ0) is 22.1. The standard InChI is InChI=1S/C25H35FN4O2/c1-17-14-21-23(16-22(17)26)32-28-25(21)30-12-10-29(11-13-30)9-8-18-4-6-20(7-5-18)27-24(31)15-19-2-3-19/h14,16,18-20H,2-13,15H2,1H3,(H,27,31)/t18-,20-. The van der Waals surface area contributed by atoms with Crippen LogP contribution < -0.4 is 10.2 Å². The van der Waals surface area contributed by atoms with Crippen molar-refractivity contribution < 1.29 is 13.7 Å². The lowest BCUT2D eigenvalue weighted by molar-refractivity contribution is -0.122. The summed E-state index contributed by atoms with van der Waals surface area (Å²) in [5.41, 5.74) is 1.14. The molecule has 0 unspecified atom stereocenters. The third-order valence-electron chi connectivity index (χ3n) is 7.64. The average Bonchev–Trinajstić information content (AvgIpc) is 3.52. The van der Waals surface area contributed by atoms with E-state index in [1.54, 1.807) is 6.92 Å². The number of piperazine rings is 1. The number of carbonyl (C=O) groups excluding carboxylic acids is 1. The highest BCUT2D eigenvalue weighted by atomic mass is 19.1. The fraction of sp³-hybridized carbons (Fsp3) is 0.680. The molecule has 0 atom stereocenters. The molecule has 1 N–H and O–H groups in total. The Morgan fingerprint density at radius 1 is 1.09 bits per heavy atom. The highest BCUT2D eigenvalue weighted by molar-refractivity contribution is 5.89. The second kappa shape index (κ2) is 9.38. The van der Waals surface area contributed by atoms with Crippen molar-refractivity contribution in [3.63, 3.8) is 0 Å². The topological polar surface area (TPSA) is 61.6 Å². The second-order valence-corrected chi connectivity index (χ2v) is 10.2. The van der Waals surface area contributed by atoms with Gasteiger partial charge >= 0.3 is 0 Å². The maximum absolute atomic E-state index is 13.8. The average molecular weight is 443 g/mol. The van der Waals surface area contributed by atoms with Crippen LogP contribution in [0.4, 0.5) is 10.2 Å². The maximum Gasteiger partial charge on any atom is 0.220 e. The molecule has 1 aromatic heterocycles. The first-order chi connectivity index (χ1) is 15.5. The fourth-order valence-electron chi connectivity index (χ4n) is 5.30. The molecule has 0 radical (unpaired) electrons. The van der Waals surface area contributed by atoms with Crippen LogP contribution in [0.2, 0.25) is 0 Å². The molecule has 3 aliphatic rings. The van der Waals surface area contributed by atoms with Gasteiger partial charge in [-0.1, -0.05) is 5.16 Å². The van der Waals surface area contributed by atoms with E-state index in [0.29, 0.717) is 23.1 Å². The Hall–Kier alpha value is -2.15. The number of aryl methyl sites for hydroxylation is 1. The smallest absolute Gasteiger partial charge is 0.220 e. The summed E-state index contributed by atoms with van der Waals surface area (Å²) in [6.45, 7) is 6.78. The van der Waals surface area contributed by atoms with Crippen LogP contribution in [0.15, 0.2) is 16.7 Å². The van der Waals surface area contributed by atoms with Gasteiger partial charge in [-0.2, -0.15) is 0 Å². The molecule has 7 heteroatoms. The monoisotopic (exact) mass is 442 g/mol. The molecular weight excluding hydrogens is 407 g/mol. The van der Waals surface area contributed by atoms with Gasteiger partial charge in [0.1, 0.15) is 5.82 Å². The molecule has 3 fully saturated rings. The molecule has 5 rings (SSSR count). The SMILES string of the molecule is Cc1cc2c(N3CCN(CC[C@H]4CC[C@H](NC(=O)CC5CC5)CC4)CC3)noc2cc1F. The molecular formula is C25H35FN4O2. The van der Waals surface area contributed by atoms with Gasteiger partial charge in [-0.3, -0.25) is 9.69 Å². The highest BCUT2D eigenvalue weighted by Crippen LogP contribution is 2.33. The van der Waals surface area contributed by atoms with Gasteiger partial charge in [0.15, 0.2) is 11.4 Å². The van der Waals surface area contributed by atoms with Gasteiger partial charge in [-0.05, 0) is 81.9 Å². The van der Waals surface area contributed by atoms with Crippen LogP contribution in [-0.4, -0.2) is 54.7 Å². The predicted octanol–water partition coefficient (Wildman–Crippen LogP) is 4.26. The van der Waals surface area contributed by atoms with Gasteiger partial charge in [0.05, 0.1) is 5.39 Å². The number of benzene rings is 1. The summed E-state index contributed by atoms with van der Waals surface area (Å²) in [6.07, 6.45) is 9.19. The van der Waals surface area contributed by atoms with Crippen molar-refractivity contribution in [2.24, 2.45) is 11.8 Å². The summed E-state index contributed by atoms with van der Waals surface area (Å²) in [4.78, 5) is 16.9. The molecule has 1 aliphatic heterocycles. The number of nitrogens with one attached hydrogen (secondary N) is 1. The normalized spacial score (nSPS) is 24.8. The Morgan fingerprint density at radius 2 is 1.81 bits per heavy atom. The molecule has 6 nitrogen and oxygen atoms in total. The third kappa shape index (κ3) is 5.08. The maximum atomic E-state index is 13.8. The molecule has 174 valence electrons. The Labute approximate surface area is 189 Å². The lowest BCUT2D eigenvalue weighted by Crippen LogP contribution is -2.47. The minimum Gasteiger partial charge on any atom is -0.354 e. The number of aromatic nitrogens is 1. The number of hydrogen-bond donors (Lipinski definition) is 1. The zero-order valence-electron chi connectivity index (χ0n) is 19.1. The van der Waals surface area contributed by atoms with Gasteiger partial charge < -0.3 is 14.7 Å². The number of rotatable bonds is 7. The van der Waals surface area contributed by atoms with Crippen molar-refractivity contribution in [1.29, 1.82) is 0 Å². The van der Waals surface area contributed by atoms with Crippen LogP contribution >= 0.6 is 0 Å². The molecule has 0 bridgehead atoms. The number of anilines is 1. The van der Waals surface area contributed by atoms with Crippen LogP contribution in [-0.2, 0) is 4.79 Å². The highest BCUT2D eigenvalue weighted by Gasteiger charge is 2.28. The van der Waals surface area contributed by atoms with Crippen LogP contribution in [0.1, 0.15) is 56.9 Å². The Morgan fingerprint density at radius 3 is 2.53 bits per heavy atom. The van der Waals surface area contributed by atoms with Gasteiger partial charge in [-0.15, -0.1) is 0 Å². The van der Waals surface area contributed by atoms with Crippen LogP contribution in [0.25, 0.3) is 11.0 Å². The van der Waals surface area contributed by atoms with Crippen molar-refractivity contribution >= 4 is 22.7 Å². The van der Waals surface area contributed by atoms with Crippen molar-refractivity contribution in [2.75, 3.05) is 37.6 Å². The minimum atomic E-state index is -0.250. The Bertz CT molecular complexity index is 941. The van der Waals surface area contributed by atoms with Crippen molar-refractivity contribution in [3.05, 3.63) is 23.5 Å².